The molecule has 2 aliphatic rings. The maximum Gasteiger partial charge on any atom is 0.0642 e. The summed E-state index contributed by atoms with van der Waals surface area (Å²) in [4.78, 5) is 2.33. The summed E-state index contributed by atoms with van der Waals surface area (Å²) < 4.78 is 0. The second kappa shape index (κ2) is 5.57. The molecular formula is C17H25ClN2. The quantitative estimate of drug-likeness (QED) is 0.900. The van der Waals surface area contributed by atoms with E-state index >= 15 is 0 Å². The molecule has 2 saturated carbocycles. The monoisotopic (exact) mass is 292 g/mol. The van der Waals surface area contributed by atoms with E-state index in [0.29, 0.717) is 0 Å². The molecule has 2 nitrogen and oxygen atoms in total. The molecule has 110 valence electrons. The minimum Gasteiger partial charge on any atom is -0.373 e. The Morgan fingerprint density at radius 1 is 1.35 bits per heavy atom. The van der Waals surface area contributed by atoms with Crippen molar-refractivity contribution >= 4 is 17.3 Å². The Morgan fingerprint density at radius 2 is 2.15 bits per heavy atom. The lowest BCUT2D eigenvalue weighted by Gasteiger charge is -2.29. The van der Waals surface area contributed by atoms with Crippen LogP contribution in [0.1, 0.15) is 44.2 Å². The normalized spacial score (nSPS) is 29.7. The lowest BCUT2D eigenvalue weighted by molar-refractivity contribution is 0.337. The van der Waals surface area contributed by atoms with Gasteiger partial charge in [-0.1, -0.05) is 24.1 Å². The van der Waals surface area contributed by atoms with Crippen molar-refractivity contribution in [3.8, 4) is 0 Å². The van der Waals surface area contributed by atoms with Gasteiger partial charge in [0.05, 0.1) is 10.7 Å². The Labute approximate surface area is 127 Å². The lowest BCUT2D eigenvalue weighted by Crippen LogP contribution is -2.28. The van der Waals surface area contributed by atoms with Gasteiger partial charge in [0.1, 0.15) is 0 Å². The van der Waals surface area contributed by atoms with Crippen LogP contribution in [0.3, 0.4) is 0 Å². The zero-order chi connectivity index (χ0) is 14.3. The Kier molecular flexibility index (Phi) is 3.96. The molecule has 0 aromatic heterocycles. The van der Waals surface area contributed by atoms with E-state index in [-0.39, 0.29) is 6.04 Å². The highest BCUT2D eigenvalue weighted by Crippen LogP contribution is 2.48. The van der Waals surface area contributed by atoms with Crippen LogP contribution in [0.4, 0.5) is 5.69 Å². The topological polar surface area (TPSA) is 29.3 Å². The molecule has 0 saturated heterocycles. The molecule has 1 aromatic rings. The second-order valence-corrected chi connectivity index (χ2v) is 7.22. The van der Waals surface area contributed by atoms with Crippen molar-refractivity contribution in [2.24, 2.45) is 23.5 Å². The van der Waals surface area contributed by atoms with Gasteiger partial charge < -0.3 is 10.6 Å². The first-order chi connectivity index (χ1) is 9.54. The van der Waals surface area contributed by atoms with Crippen molar-refractivity contribution in [3.05, 3.63) is 28.8 Å². The van der Waals surface area contributed by atoms with Gasteiger partial charge in [-0.2, -0.15) is 0 Å². The number of fused-ring (bicyclic) bond motifs is 2. The molecule has 2 aliphatic carbocycles. The summed E-state index contributed by atoms with van der Waals surface area (Å²) >= 11 is 6.44. The fraction of sp³-hybridized carbons (Fsp3) is 0.647. The first-order valence-electron chi connectivity index (χ1n) is 7.80. The van der Waals surface area contributed by atoms with Crippen molar-refractivity contribution in [3.63, 3.8) is 0 Å². The number of anilines is 1. The van der Waals surface area contributed by atoms with E-state index in [0.717, 1.165) is 40.6 Å². The van der Waals surface area contributed by atoms with Gasteiger partial charge in [0.25, 0.3) is 0 Å². The summed E-state index contributed by atoms with van der Waals surface area (Å²) in [5.41, 5.74) is 8.15. The van der Waals surface area contributed by atoms with Crippen molar-refractivity contribution < 1.29 is 0 Å². The van der Waals surface area contributed by atoms with E-state index in [9.17, 15) is 0 Å². The molecule has 0 radical (unpaired) electrons. The maximum absolute atomic E-state index is 6.44. The van der Waals surface area contributed by atoms with Crippen LogP contribution in [-0.2, 0) is 0 Å². The van der Waals surface area contributed by atoms with Gasteiger partial charge >= 0.3 is 0 Å². The molecule has 1 aromatic carbocycles. The zero-order valence-corrected chi connectivity index (χ0v) is 13.2. The third-order valence-corrected chi connectivity index (χ3v) is 5.60. The first kappa shape index (κ1) is 14.2. The van der Waals surface area contributed by atoms with Gasteiger partial charge in [-0.05, 0) is 61.6 Å². The van der Waals surface area contributed by atoms with Crippen LogP contribution < -0.4 is 10.6 Å². The van der Waals surface area contributed by atoms with Crippen LogP contribution >= 0.6 is 11.6 Å². The van der Waals surface area contributed by atoms with Gasteiger partial charge in [-0.25, -0.2) is 0 Å². The molecule has 0 aliphatic heterocycles. The molecule has 0 spiro atoms. The summed E-state index contributed by atoms with van der Waals surface area (Å²) in [6, 6.07) is 6.27. The fourth-order valence-electron chi connectivity index (χ4n) is 4.17. The van der Waals surface area contributed by atoms with E-state index in [1.807, 2.05) is 13.0 Å². The third-order valence-electron chi connectivity index (χ3n) is 5.30. The highest BCUT2D eigenvalue weighted by atomic mass is 35.5. The Morgan fingerprint density at radius 3 is 2.70 bits per heavy atom. The van der Waals surface area contributed by atoms with E-state index < -0.39 is 0 Å². The predicted octanol–water partition coefficient (Wildman–Crippen LogP) is 4.23. The number of rotatable bonds is 4. The Balaban J connectivity index is 1.69. The Hall–Kier alpha value is -0.730. The van der Waals surface area contributed by atoms with Crippen molar-refractivity contribution in [2.75, 3.05) is 18.5 Å². The minimum atomic E-state index is 0.0393. The number of hydrogen-bond acceptors (Lipinski definition) is 2. The number of benzene rings is 1. The second-order valence-electron chi connectivity index (χ2n) is 6.81. The van der Waals surface area contributed by atoms with Crippen molar-refractivity contribution in [2.45, 2.75) is 38.6 Å². The summed E-state index contributed by atoms with van der Waals surface area (Å²) in [5.74, 6) is 2.84. The van der Waals surface area contributed by atoms with Crippen LogP contribution in [0, 0.1) is 17.8 Å². The molecule has 4 atom stereocenters. The molecule has 3 unspecified atom stereocenters. The van der Waals surface area contributed by atoms with Gasteiger partial charge in [0, 0.05) is 19.6 Å². The van der Waals surface area contributed by atoms with Crippen LogP contribution in [0.2, 0.25) is 5.02 Å². The minimum absolute atomic E-state index is 0.0393. The standard InChI is InChI=1S/C17H25ClN2/c1-11(19)13-5-6-17(16(18)9-13)20(2)10-15-8-12-3-4-14(15)7-12/h5-6,9,11-12,14-15H,3-4,7-8,10,19H2,1-2H3/t11-,12?,14?,15?/m1/s1. The van der Waals surface area contributed by atoms with Gasteiger partial charge in [0.2, 0.25) is 0 Å². The summed E-state index contributed by atoms with van der Waals surface area (Å²) in [6.07, 6.45) is 5.80. The van der Waals surface area contributed by atoms with E-state index in [1.165, 1.54) is 25.7 Å². The van der Waals surface area contributed by atoms with Gasteiger partial charge in [-0.15, -0.1) is 0 Å². The molecule has 0 heterocycles. The van der Waals surface area contributed by atoms with E-state index in [1.54, 1.807) is 0 Å². The summed E-state index contributed by atoms with van der Waals surface area (Å²) in [7, 11) is 2.17. The van der Waals surface area contributed by atoms with E-state index in [2.05, 4.69) is 24.1 Å². The molecular weight excluding hydrogens is 268 g/mol. The van der Waals surface area contributed by atoms with Gasteiger partial charge in [0.15, 0.2) is 0 Å². The smallest absolute Gasteiger partial charge is 0.0642 e. The van der Waals surface area contributed by atoms with Crippen LogP contribution in [0.15, 0.2) is 18.2 Å². The molecule has 2 N–H and O–H groups in total. The van der Waals surface area contributed by atoms with Crippen LogP contribution in [-0.4, -0.2) is 13.6 Å². The fourth-order valence-corrected chi connectivity index (χ4v) is 4.50. The average Bonchev–Trinajstić information content (AvgIpc) is 3.00. The van der Waals surface area contributed by atoms with Crippen LogP contribution in [0.25, 0.3) is 0 Å². The summed E-state index contributed by atoms with van der Waals surface area (Å²) in [6.45, 7) is 3.13. The molecule has 3 rings (SSSR count). The molecule has 2 bridgehead atoms. The Bertz CT molecular complexity index is 486. The van der Waals surface area contributed by atoms with Crippen molar-refractivity contribution in [1.82, 2.24) is 0 Å². The number of hydrogen-bond donors (Lipinski definition) is 1. The average molecular weight is 293 g/mol. The molecule has 3 heteroatoms. The van der Waals surface area contributed by atoms with Gasteiger partial charge in [-0.3, -0.25) is 0 Å². The number of halogens is 1. The number of nitrogens with zero attached hydrogens (tertiary/aromatic N) is 1. The largest absolute Gasteiger partial charge is 0.373 e. The van der Waals surface area contributed by atoms with E-state index in [4.69, 9.17) is 17.3 Å². The predicted molar refractivity (Wildman–Crippen MR) is 86.3 cm³/mol. The lowest BCUT2D eigenvalue weighted by atomic mass is 9.88. The highest BCUT2D eigenvalue weighted by Gasteiger charge is 2.39. The molecule has 20 heavy (non-hydrogen) atoms. The molecule has 0 amide bonds. The highest BCUT2D eigenvalue weighted by molar-refractivity contribution is 6.33. The first-order valence-corrected chi connectivity index (χ1v) is 8.18. The zero-order valence-electron chi connectivity index (χ0n) is 12.5. The maximum atomic E-state index is 6.44. The summed E-state index contributed by atoms with van der Waals surface area (Å²) in [5, 5.41) is 0.824. The van der Waals surface area contributed by atoms with Crippen LogP contribution in [0.5, 0.6) is 0 Å². The molecule has 2 fully saturated rings. The third kappa shape index (κ3) is 2.68. The van der Waals surface area contributed by atoms with Crippen molar-refractivity contribution in [1.29, 1.82) is 0 Å². The SMILES string of the molecule is C[C@@H](N)c1ccc(N(C)CC2CC3CCC2C3)c(Cl)c1. The number of nitrogens with two attached hydrogens (primary N) is 1.